The van der Waals surface area contributed by atoms with E-state index in [0.717, 1.165) is 6.92 Å². The Hall–Kier alpha value is -0.610. The van der Waals surface area contributed by atoms with Gasteiger partial charge in [-0.2, -0.15) is 0 Å². The molecule has 0 aromatic carbocycles. The number of hydrogen-bond donors (Lipinski definition) is 2. The Labute approximate surface area is 46.4 Å². The van der Waals surface area contributed by atoms with Crippen molar-refractivity contribution in [3.05, 3.63) is 0 Å². The summed E-state index contributed by atoms with van der Waals surface area (Å²) in [7, 11) is 0. The zero-order valence-electron chi connectivity index (χ0n) is 4.42. The fourth-order valence-corrected chi connectivity index (χ4v) is 0.0645. The topological polar surface area (TPSA) is 80.6 Å². The zero-order chi connectivity index (χ0) is 6.78. The molecule has 8 heavy (non-hydrogen) atoms. The van der Waals surface area contributed by atoms with E-state index in [1.54, 1.807) is 0 Å². The van der Waals surface area contributed by atoms with Gasteiger partial charge >= 0.3 is 0 Å². The molecule has 0 spiro atoms. The number of rotatable bonds is 2. The highest BCUT2D eigenvalue weighted by molar-refractivity contribution is 5.74. The minimum Gasteiger partial charge on any atom is -0.547 e. The molecule has 0 saturated carbocycles. The highest BCUT2D eigenvalue weighted by Gasteiger charge is 2.19. The standard InChI is InChI=1S/C4H8O4/c1-4(8,2-5)3(6)7/h5,8H,2H2,1H3,(H,6,7)/p-1/t4-/m1/s1. The summed E-state index contributed by atoms with van der Waals surface area (Å²) in [6.07, 6.45) is 0. The molecular weight excluding hydrogens is 112 g/mol. The summed E-state index contributed by atoms with van der Waals surface area (Å²) < 4.78 is 0. The average molecular weight is 119 g/mol. The van der Waals surface area contributed by atoms with Crippen LogP contribution in [0.2, 0.25) is 0 Å². The van der Waals surface area contributed by atoms with E-state index in [1.165, 1.54) is 0 Å². The van der Waals surface area contributed by atoms with E-state index in [-0.39, 0.29) is 0 Å². The summed E-state index contributed by atoms with van der Waals surface area (Å²) in [5, 5.41) is 26.3. The number of aliphatic hydroxyl groups excluding tert-OH is 1. The Kier molecular flexibility index (Phi) is 1.94. The Morgan fingerprint density at radius 1 is 1.88 bits per heavy atom. The van der Waals surface area contributed by atoms with Crippen LogP contribution in [-0.4, -0.2) is 28.4 Å². The van der Waals surface area contributed by atoms with Gasteiger partial charge in [0.15, 0.2) is 0 Å². The number of aliphatic carboxylic acids is 1. The van der Waals surface area contributed by atoms with Crippen molar-refractivity contribution in [1.29, 1.82) is 0 Å². The van der Waals surface area contributed by atoms with Gasteiger partial charge in [0.2, 0.25) is 0 Å². The van der Waals surface area contributed by atoms with Gasteiger partial charge in [0.05, 0.1) is 12.6 Å². The lowest BCUT2D eigenvalue weighted by molar-refractivity contribution is -0.325. The van der Waals surface area contributed by atoms with Crippen LogP contribution >= 0.6 is 0 Å². The van der Waals surface area contributed by atoms with Crippen LogP contribution < -0.4 is 5.11 Å². The molecule has 2 N–H and O–H groups in total. The summed E-state index contributed by atoms with van der Waals surface area (Å²) in [6, 6.07) is 0. The highest BCUT2D eigenvalue weighted by Crippen LogP contribution is 1.96. The third-order valence-corrected chi connectivity index (χ3v) is 0.748. The largest absolute Gasteiger partial charge is 0.547 e. The Balaban J connectivity index is 3.91. The number of carbonyl (C=O) groups excluding carboxylic acids is 1. The van der Waals surface area contributed by atoms with Gasteiger partial charge in [-0.1, -0.05) is 0 Å². The summed E-state index contributed by atoms with van der Waals surface area (Å²) in [6.45, 7) is 0.137. The smallest absolute Gasteiger partial charge is 0.124 e. The zero-order valence-corrected chi connectivity index (χ0v) is 4.42. The van der Waals surface area contributed by atoms with Crippen LogP contribution in [0.4, 0.5) is 0 Å². The van der Waals surface area contributed by atoms with Crippen molar-refractivity contribution in [2.75, 3.05) is 6.61 Å². The van der Waals surface area contributed by atoms with Gasteiger partial charge in [0, 0.05) is 0 Å². The molecule has 0 aliphatic rings. The van der Waals surface area contributed by atoms with E-state index < -0.39 is 18.2 Å². The molecule has 0 aromatic heterocycles. The van der Waals surface area contributed by atoms with Crippen molar-refractivity contribution in [2.45, 2.75) is 12.5 Å². The second kappa shape index (κ2) is 2.11. The first-order valence-electron chi connectivity index (χ1n) is 2.05. The summed E-state index contributed by atoms with van der Waals surface area (Å²) in [4.78, 5) is 9.73. The molecule has 0 aromatic rings. The minimum atomic E-state index is -2.10. The quantitative estimate of drug-likeness (QED) is 0.420. The van der Waals surface area contributed by atoms with Crippen LogP contribution in [0, 0.1) is 0 Å². The molecular formula is C4H7O4-. The number of carboxylic acid groups (broad SMARTS) is 1. The summed E-state index contributed by atoms with van der Waals surface area (Å²) in [5.74, 6) is -1.67. The van der Waals surface area contributed by atoms with Crippen molar-refractivity contribution in [2.24, 2.45) is 0 Å². The molecule has 0 heterocycles. The summed E-state index contributed by atoms with van der Waals surface area (Å²) >= 11 is 0. The number of aliphatic hydroxyl groups is 2. The number of carbonyl (C=O) groups is 1. The Morgan fingerprint density at radius 3 is 2.25 bits per heavy atom. The molecule has 0 unspecified atom stereocenters. The van der Waals surface area contributed by atoms with Crippen molar-refractivity contribution in [1.82, 2.24) is 0 Å². The van der Waals surface area contributed by atoms with Crippen LogP contribution in [0.1, 0.15) is 6.92 Å². The molecule has 48 valence electrons. The fraction of sp³-hybridized carbons (Fsp3) is 0.750. The van der Waals surface area contributed by atoms with Crippen molar-refractivity contribution >= 4 is 5.97 Å². The second-order valence-corrected chi connectivity index (χ2v) is 1.72. The van der Waals surface area contributed by atoms with E-state index in [9.17, 15) is 9.90 Å². The van der Waals surface area contributed by atoms with Crippen molar-refractivity contribution < 1.29 is 20.1 Å². The van der Waals surface area contributed by atoms with E-state index in [0.29, 0.717) is 0 Å². The first-order valence-corrected chi connectivity index (χ1v) is 2.05. The predicted octanol–water partition coefficient (Wildman–Crippen LogP) is -2.52. The van der Waals surface area contributed by atoms with Crippen molar-refractivity contribution in [3.8, 4) is 0 Å². The number of hydrogen-bond acceptors (Lipinski definition) is 4. The van der Waals surface area contributed by atoms with Gasteiger partial charge in [-0.25, -0.2) is 0 Å². The van der Waals surface area contributed by atoms with Gasteiger partial charge in [-0.15, -0.1) is 0 Å². The molecule has 1 atom stereocenters. The second-order valence-electron chi connectivity index (χ2n) is 1.72. The van der Waals surface area contributed by atoms with E-state index in [2.05, 4.69) is 0 Å². The first-order chi connectivity index (χ1) is 3.50. The predicted molar refractivity (Wildman–Crippen MR) is 22.7 cm³/mol. The molecule has 0 radical (unpaired) electrons. The maximum Gasteiger partial charge on any atom is 0.124 e. The molecule has 4 nitrogen and oxygen atoms in total. The lowest BCUT2D eigenvalue weighted by Crippen LogP contribution is -2.48. The van der Waals surface area contributed by atoms with Crippen LogP contribution in [0.3, 0.4) is 0 Å². The lowest BCUT2D eigenvalue weighted by atomic mass is 10.1. The molecule has 0 fully saturated rings. The molecule has 0 saturated heterocycles. The molecule has 0 bridgehead atoms. The third kappa shape index (κ3) is 1.48. The van der Waals surface area contributed by atoms with Gasteiger partial charge in [0.1, 0.15) is 5.60 Å². The van der Waals surface area contributed by atoms with Crippen molar-refractivity contribution in [3.63, 3.8) is 0 Å². The lowest BCUT2D eigenvalue weighted by Gasteiger charge is -2.20. The Morgan fingerprint density at radius 2 is 2.25 bits per heavy atom. The Bertz CT molecular complexity index is 96.2. The van der Waals surface area contributed by atoms with E-state index in [1.807, 2.05) is 0 Å². The van der Waals surface area contributed by atoms with Gasteiger partial charge in [-0.3, -0.25) is 0 Å². The monoisotopic (exact) mass is 119 g/mol. The van der Waals surface area contributed by atoms with Crippen LogP contribution in [0.15, 0.2) is 0 Å². The fourth-order valence-electron chi connectivity index (χ4n) is 0.0645. The maximum absolute atomic E-state index is 9.73. The third-order valence-electron chi connectivity index (χ3n) is 0.748. The van der Waals surface area contributed by atoms with Gasteiger partial charge in [-0.05, 0) is 6.92 Å². The SMILES string of the molecule is C[C@@](O)(CO)C(=O)[O-]. The van der Waals surface area contributed by atoms with Crippen LogP contribution in [-0.2, 0) is 4.79 Å². The molecule has 0 rings (SSSR count). The van der Waals surface area contributed by atoms with Gasteiger partial charge < -0.3 is 20.1 Å². The van der Waals surface area contributed by atoms with E-state index in [4.69, 9.17) is 10.2 Å². The molecule has 0 aliphatic carbocycles. The van der Waals surface area contributed by atoms with Gasteiger partial charge in [0.25, 0.3) is 0 Å². The van der Waals surface area contributed by atoms with E-state index >= 15 is 0 Å². The minimum absolute atomic E-state index is 0.824. The first kappa shape index (κ1) is 7.39. The maximum atomic E-state index is 9.73. The van der Waals surface area contributed by atoms with Crippen LogP contribution in [0.25, 0.3) is 0 Å². The molecule has 0 amide bonds. The average Bonchev–Trinajstić information content (AvgIpc) is 1.67. The normalized spacial score (nSPS) is 17.4. The molecule has 0 aliphatic heterocycles. The highest BCUT2D eigenvalue weighted by atomic mass is 16.4. The number of carboxylic acids is 1. The molecule has 4 heteroatoms. The summed E-state index contributed by atoms with van der Waals surface area (Å²) in [5.41, 5.74) is -2.10. The van der Waals surface area contributed by atoms with Crippen LogP contribution in [0.5, 0.6) is 0 Å².